The first kappa shape index (κ1) is 18.6. The maximum Gasteiger partial charge on any atom is 0.0900 e. The quantitative estimate of drug-likeness (QED) is 0.553. The molecule has 2 rings (SSSR count). The van der Waals surface area contributed by atoms with Crippen LogP contribution in [0, 0.1) is 0 Å². The summed E-state index contributed by atoms with van der Waals surface area (Å²) >= 11 is 1.80. The molecule has 0 bridgehead atoms. The van der Waals surface area contributed by atoms with Gasteiger partial charge in [-0.3, -0.25) is 4.90 Å². The number of hydrogen-bond donors (Lipinski definition) is 1. The summed E-state index contributed by atoms with van der Waals surface area (Å²) in [5.41, 5.74) is 1.34. The first-order chi connectivity index (χ1) is 11.2. The lowest BCUT2D eigenvalue weighted by molar-refractivity contribution is 0.0150. The number of hydrogen-bond acceptors (Lipinski definition) is 5. The van der Waals surface area contributed by atoms with Crippen LogP contribution in [0.25, 0.3) is 0 Å². The van der Waals surface area contributed by atoms with Crippen LogP contribution in [0.2, 0.25) is 0 Å². The van der Waals surface area contributed by atoms with Gasteiger partial charge in [-0.05, 0) is 24.8 Å². The van der Waals surface area contributed by atoms with Crippen LogP contribution in [0.5, 0.6) is 0 Å². The van der Waals surface area contributed by atoms with Gasteiger partial charge in [0.15, 0.2) is 0 Å². The molecule has 0 aromatic heterocycles. The van der Waals surface area contributed by atoms with Gasteiger partial charge in [-0.15, -0.1) is 11.8 Å². The zero-order chi connectivity index (χ0) is 16.5. The molecule has 1 atom stereocenters. The standard InChI is InChI=1S/C18H30N2O2S/c1-3-4-13-22-15-16(21)14-19-9-11-20(12-10-19)17-7-5-6-8-18(17)23-2/h5-8,16,21H,3-4,9-15H2,1-2H3. The van der Waals surface area contributed by atoms with E-state index in [1.54, 1.807) is 11.8 Å². The van der Waals surface area contributed by atoms with Crippen molar-refractivity contribution in [3.05, 3.63) is 24.3 Å². The maximum atomic E-state index is 10.1. The Balaban J connectivity index is 1.73. The molecule has 1 saturated heterocycles. The molecule has 1 aromatic carbocycles. The summed E-state index contributed by atoms with van der Waals surface area (Å²) in [6.45, 7) is 8.09. The Morgan fingerprint density at radius 2 is 1.96 bits per heavy atom. The Hall–Kier alpha value is -0.750. The summed E-state index contributed by atoms with van der Waals surface area (Å²) in [5.74, 6) is 0. The van der Waals surface area contributed by atoms with Crippen molar-refractivity contribution in [2.45, 2.75) is 30.8 Å². The van der Waals surface area contributed by atoms with E-state index >= 15 is 0 Å². The van der Waals surface area contributed by atoms with Crippen LogP contribution in [0.3, 0.4) is 0 Å². The number of aliphatic hydroxyl groups excluding tert-OH is 1. The summed E-state index contributed by atoms with van der Waals surface area (Å²) in [6.07, 6.45) is 3.96. The van der Waals surface area contributed by atoms with E-state index in [-0.39, 0.29) is 6.10 Å². The molecule has 1 aliphatic rings. The first-order valence-electron chi connectivity index (χ1n) is 8.60. The lowest BCUT2D eigenvalue weighted by Crippen LogP contribution is -2.49. The van der Waals surface area contributed by atoms with E-state index in [4.69, 9.17) is 4.74 Å². The number of aliphatic hydroxyl groups is 1. The van der Waals surface area contributed by atoms with Gasteiger partial charge in [0.2, 0.25) is 0 Å². The Morgan fingerprint density at radius 3 is 2.65 bits per heavy atom. The van der Waals surface area contributed by atoms with Crippen molar-refractivity contribution in [1.82, 2.24) is 4.90 Å². The molecular formula is C18H30N2O2S. The van der Waals surface area contributed by atoms with E-state index < -0.39 is 0 Å². The minimum atomic E-state index is -0.378. The normalized spacial score (nSPS) is 17.4. The number of rotatable bonds is 9. The van der Waals surface area contributed by atoms with Gasteiger partial charge in [0, 0.05) is 44.2 Å². The molecule has 1 fully saturated rings. The monoisotopic (exact) mass is 338 g/mol. The molecular weight excluding hydrogens is 308 g/mol. The number of para-hydroxylation sites is 1. The zero-order valence-electron chi connectivity index (χ0n) is 14.4. The van der Waals surface area contributed by atoms with Gasteiger partial charge >= 0.3 is 0 Å². The van der Waals surface area contributed by atoms with Gasteiger partial charge in [-0.2, -0.15) is 0 Å². The Morgan fingerprint density at radius 1 is 1.22 bits per heavy atom. The fourth-order valence-electron chi connectivity index (χ4n) is 2.88. The van der Waals surface area contributed by atoms with E-state index in [9.17, 15) is 5.11 Å². The van der Waals surface area contributed by atoms with Gasteiger partial charge in [-0.25, -0.2) is 0 Å². The Kier molecular flexibility index (Phi) is 8.23. The fraction of sp³-hybridized carbons (Fsp3) is 0.667. The van der Waals surface area contributed by atoms with Crippen molar-refractivity contribution in [2.24, 2.45) is 0 Å². The molecule has 1 aliphatic heterocycles. The molecule has 1 aromatic rings. The number of β-amino-alcohol motifs (C(OH)–C–C–N with tert-alkyl or cyclic N) is 1. The van der Waals surface area contributed by atoms with E-state index in [0.29, 0.717) is 13.2 Å². The predicted octanol–water partition coefficient (Wildman–Crippen LogP) is 2.71. The van der Waals surface area contributed by atoms with Crippen LogP contribution in [-0.4, -0.2) is 68.3 Å². The van der Waals surface area contributed by atoms with Crippen LogP contribution in [0.1, 0.15) is 19.8 Å². The maximum absolute atomic E-state index is 10.1. The molecule has 1 unspecified atom stereocenters. The van der Waals surface area contributed by atoms with Crippen LogP contribution >= 0.6 is 11.8 Å². The van der Waals surface area contributed by atoms with Crippen molar-refractivity contribution in [1.29, 1.82) is 0 Å². The third-order valence-electron chi connectivity index (χ3n) is 4.22. The van der Waals surface area contributed by atoms with Crippen LogP contribution in [0.4, 0.5) is 5.69 Å². The second kappa shape index (κ2) is 10.2. The predicted molar refractivity (Wildman–Crippen MR) is 98.6 cm³/mol. The molecule has 23 heavy (non-hydrogen) atoms. The van der Waals surface area contributed by atoms with Crippen molar-refractivity contribution < 1.29 is 9.84 Å². The lowest BCUT2D eigenvalue weighted by Gasteiger charge is -2.37. The largest absolute Gasteiger partial charge is 0.389 e. The molecule has 0 saturated carbocycles. The van der Waals surface area contributed by atoms with E-state index in [1.165, 1.54) is 10.6 Å². The fourth-order valence-corrected chi connectivity index (χ4v) is 3.50. The number of unbranched alkanes of at least 4 members (excludes halogenated alkanes) is 1. The number of nitrogens with zero attached hydrogens (tertiary/aromatic N) is 2. The summed E-state index contributed by atoms with van der Waals surface area (Å²) < 4.78 is 5.51. The van der Waals surface area contributed by atoms with E-state index in [0.717, 1.165) is 45.6 Å². The summed E-state index contributed by atoms with van der Waals surface area (Å²) in [7, 11) is 0. The highest BCUT2D eigenvalue weighted by Gasteiger charge is 2.20. The molecule has 0 radical (unpaired) electrons. The minimum Gasteiger partial charge on any atom is -0.389 e. The van der Waals surface area contributed by atoms with Crippen LogP contribution < -0.4 is 4.90 Å². The highest BCUT2D eigenvalue weighted by atomic mass is 32.2. The third kappa shape index (κ3) is 5.99. The Labute approximate surface area is 144 Å². The second-order valence-electron chi connectivity index (χ2n) is 6.04. The number of benzene rings is 1. The van der Waals surface area contributed by atoms with Crippen LogP contribution in [0.15, 0.2) is 29.2 Å². The molecule has 1 heterocycles. The summed E-state index contributed by atoms with van der Waals surface area (Å²) in [6, 6.07) is 8.60. The topological polar surface area (TPSA) is 35.9 Å². The SMILES string of the molecule is CCCCOCC(O)CN1CCN(c2ccccc2SC)CC1. The van der Waals surface area contributed by atoms with Crippen molar-refractivity contribution >= 4 is 17.4 Å². The first-order valence-corrected chi connectivity index (χ1v) is 9.83. The molecule has 1 N–H and O–H groups in total. The molecule has 0 amide bonds. The van der Waals surface area contributed by atoms with Crippen LogP contribution in [-0.2, 0) is 4.74 Å². The molecule has 5 heteroatoms. The van der Waals surface area contributed by atoms with Gasteiger partial charge in [0.1, 0.15) is 0 Å². The van der Waals surface area contributed by atoms with Gasteiger partial charge in [-0.1, -0.05) is 25.5 Å². The average Bonchev–Trinajstić information content (AvgIpc) is 2.59. The number of thioether (sulfide) groups is 1. The highest BCUT2D eigenvalue weighted by molar-refractivity contribution is 7.98. The molecule has 4 nitrogen and oxygen atoms in total. The number of piperazine rings is 1. The molecule has 130 valence electrons. The second-order valence-corrected chi connectivity index (χ2v) is 6.89. The number of anilines is 1. The molecule has 0 spiro atoms. The van der Waals surface area contributed by atoms with Crippen molar-refractivity contribution in [3.8, 4) is 0 Å². The summed E-state index contributed by atoms with van der Waals surface area (Å²) in [5, 5.41) is 10.1. The lowest BCUT2D eigenvalue weighted by atomic mass is 10.2. The Bertz CT molecular complexity index is 450. The average molecular weight is 339 g/mol. The zero-order valence-corrected chi connectivity index (χ0v) is 15.2. The van der Waals surface area contributed by atoms with Gasteiger partial charge in [0.25, 0.3) is 0 Å². The highest BCUT2D eigenvalue weighted by Crippen LogP contribution is 2.28. The van der Waals surface area contributed by atoms with Crippen molar-refractivity contribution in [3.63, 3.8) is 0 Å². The third-order valence-corrected chi connectivity index (χ3v) is 5.00. The van der Waals surface area contributed by atoms with Gasteiger partial charge in [0.05, 0.1) is 18.4 Å². The number of ether oxygens (including phenoxy) is 1. The minimum absolute atomic E-state index is 0.378. The smallest absolute Gasteiger partial charge is 0.0900 e. The van der Waals surface area contributed by atoms with E-state index in [2.05, 4.69) is 47.2 Å². The van der Waals surface area contributed by atoms with E-state index in [1.807, 2.05) is 0 Å². The summed E-state index contributed by atoms with van der Waals surface area (Å²) in [4.78, 5) is 6.13. The van der Waals surface area contributed by atoms with Crippen molar-refractivity contribution in [2.75, 3.05) is 57.1 Å². The van der Waals surface area contributed by atoms with Gasteiger partial charge < -0.3 is 14.7 Å². The molecule has 0 aliphatic carbocycles.